The van der Waals surface area contributed by atoms with Crippen molar-refractivity contribution in [1.29, 1.82) is 0 Å². The number of nitrogens with zero attached hydrogens (tertiary/aromatic N) is 2. The van der Waals surface area contributed by atoms with Gasteiger partial charge in [0.1, 0.15) is 0 Å². The molecule has 3 heteroatoms. The van der Waals surface area contributed by atoms with Gasteiger partial charge < -0.3 is 5.32 Å². The molecule has 2 rings (SSSR count). The van der Waals surface area contributed by atoms with E-state index in [1.54, 1.807) is 0 Å². The molecule has 118 valence electrons. The van der Waals surface area contributed by atoms with Gasteiger partial charge in [-0.15, -0.1) is 0 Å². The monoisotopic (exact) mass is 289 g/mol. The third kappa shape index (κ3) is 4.06. The molecule has 0 aliphatic carbocycles. The molecule has 0 bridgehead atoms. The van der Waals surface area contributed by atoms with Gasteiger partial charge in [0.2, 0.25) is 0 Å². The molecule has 0 aromatic heterocycles. The molecule has 0 radical (unpaired) electrons. The second-order valence-corrected chi connectivity index (χ2v) is 6.25. The average Bonchev–Trinajstić information content (AvgIpc) is 2.56. The van der Waals surface area contributed by atoms with Gasteiger partial charge in [0.15, 0.2) is 0 Å². The van der Waals surface area contributed by atoms with Crippen molar-refractivity contribution in [3.05, 3.63) is 35.9 Å². The highest BCUT2D eigenvalue weighted by molar-refractivity contribution is 5.20. The summed E-state index contributed by atoms with van der Waals surface area (Å²) in [5.74, 6) is 0. The molecule has 1 aromatic rings. The van der Waals surface area contributed by atoms with Crippen molar-refractivity contribution in [1.82, 2.24) is 15.1 Å². The Kier molecular flexibility index (Phi) is 6.22. The highest BCUT2D eigenvalue weighted by Gasteiger charge is 2.27. The van der Waals surface area contributed by atoms with Gasteiger partial charge >= 0.3 is 0 Å². The zero-order chi connectivity index (χ0) is 15.2. The number of hydrogen-bond donors (Lipinski definition) is 1. The molecule has 1 aliphatic heterocycles. The summed E-state index contributed by atoms with van der Waals surface area (Å²) in [6.45, 7) is 11.7. The number of benzene rings is 1. The fraction of sp³-hybridized carbons (Fsp3) is 0.667. The van der Waals surface area contributed by atoms with Gasteiger partial charge in [-0.25, -0.2) is 0 Å². The Morgan fingerprint density at radius 3 is 2.10 bits per heavy atom. The molecule has 3 nitrogen and oxygen atoms in total. The lowest BCUT2D eigenvalue weighted by Crippen LogP contribution is -2.54. The minimum absolute atomic E-state index is 0.404. The standard InChI is InChI=1S/C18H31N3/c1-5-15(2)20-11-13-21(14-12-20)16(3)18(19-4)17-9-7-6-8-10-17/h6-10,15-16,18-19H,5,11-14H2,1-4H3. The normalized spacial score (nSPS) is 21.9. The number of nitrogens with one attached hydrogen (secondary N) is 1. The summed E-state index contributed by atoms with van der Waals surface area (Å²) in [6, 6.07) is 12.5. The molecule has 3 unspecified atom stereocenters. The van der Waals surface area contributed by atoms with E-state index in [0.717, 1.165) is 6.04 Å². The highest BCUT2D eigenvalue weighted by Crippen LogP contribution is 2.22. The molecule has 0 saturated carbocycles. The minimum Gasteiger partial charge on any atom is -0.312 e. The van der Waals surface area contributed by atoms with Crippen molar-refractivity contribution >= 4 is 0 Å². The van der Waals surface area contributed by atoms with Crippen LogP contribution in [0.25, 0.3) is 0 Å². The molecular formula is C18H31N3. The smallest absolute Gasteiger partial charge is 0.0473 e. The van der Waals surface area contributed by atoms with Gasteiger partial charge in [-0.3, -0.25) is 9.80 Å². The Morgan fingerprint density at radius 2 is 1.57 bits per heavy atom. The summed E-state index contributed by atoms with van der Waals surface area (Å²) >= 11 is 0. The van der Waals surface area contributed by atoms with E-state index in [9.17, 15) is 0 Å². The molecule has 1 N–H and O–H groups in total. The molecule has 0 spiro atoms. The lowest BCUT2D eigenvalue weighted by molar-refractivity contribution is 0.0657. The Morgan fingerprint density at radius 1 is 1.00 bits per heavy atom. The van der Waals surface area contributed by atoms with Crippen LogP contribution < -0.4 is 5.32 Å². The van der Waals surface area contributed by atoms with Crippen LogP contribution in [0.3, 0.4) is 0 Å². The van der Waals surface area contributed by atoms with Crippen molar-refractivity contribution in [3.63, 3.8) is 0 Å². The van der Waals surface area contributed by atoms with Gasteiger partial charge in [0, 0.05) is 44.3 Å². The van der Waals surface area contributed by atoms with Crippen molar-refractivity contribution in [2.45, 2.75) is 45.3 Å². The quantitative estimate of drug-likeness (QED) is 0.869. The predicted molar refractivity (Wildman–Crippen MR) is 90.6 cm³/mol. The maximum atomic E-state index is 3.51. The van der Waals surface area contributed by atoms with Crippen LogP contribution in [0.2, 0.25) is 0 Å². The molecule has 1 fully saturated rings. The third-order valence-electron chi connectivity index (χ3n) is 5.09. The van der Waals surface area contributed by atoms with Gasteiger partial charge in [0.25, 0.3) is 0 Å². The number of likely N-dealkylation sites (N-methyl/N-ethyl adjacent to an activating group) is 1. The van der Waals surface area contributed by atoms with E-state index >= 15 is 0 Å². The van der Waals surface area contributed by atoms with E-state index in [1.807, 2.05) is 0 Å². The summed E-state index contributed by atoms with van der Waals surface area (Å²) in [7, 11) is 2.07. The van der Waals surface area contributed by atoms with Gasteiger partial charge in [0.05, 0.1) is 0 Å². The first-order valence-corrected chi connectivity index (χ1v) is 8.37. The molecule has 21 heavy (non-hydrogen) atoms. The van der Waals surface area contributed by atoms with E-state index in [2.05, 4.69) is 73.3 Å². The summed E-state index contributed by atoms with van der Waals surface area (Å²) in [4.78, 5) is 5.26. The molecular weight excluding hydrogens is 258 g/mol. The van der Waals surface area contributed by atoms with Gasteiger partial charge in [-0.05, 0) is 32.9 Å². The molecule has 1 heterocycles. The second-order valence-electron chi connectivity index (χ2n) is 6.25. The molecule has 3 atom stereocenters. The van der Waals surface area contributed by atoms with E-state index in [1.165, 1.54) is 38.2 Å². The number of piperazine rings is 1. The van der Waals surface area contributed by atoms with Crippen LogP contribution in [-0.4, -0.2) is 55.1 Å². The van der Waals surface area contributed by atoms with Crippen molar-refractivity contribution in [2.24, 2.45) is 0 Å². The maximum absolute atomic E-state index is 3.51. The van der Waals surface area contributed by atoms with E-state index in [0.29, 0.717) is 12.1 Å². The summed E-state index contributed by atoms with van der Waals surface area (Å²) < 4.78 is 0. The van der Waals surface area contributed by atoms with E-state index in [-0.39, 0.29) is 0 Å². The average molecular weight is 289 g/mol. The van der Waals surface area contributed by atoms with Crippen LogP contribution in [0.5, 0.6) is 0 Å². The zero-order valence-electron chi connectivity index (χ0n) is 14.0. The lowest BCUT2D eigenvalue weighted by Gasteiger charge is -2.42. The first kappa shape index (κ1) is 16.5. The fourth-order valence-electron chi connectivity index (χ4n) is 3.40. The molecule has 1 saturated heterocycles. The van der Waals surface area contributed by atoms with Crippen LogP contribution in [0.1, 0.15) is 38.8 Å². The van der Waals surface area contributed by atoms with Crippen LogP contribution in [0, 0.1) is 0 Å². The Bertz CT molecular complexity index is 398. The van der Waals surface area contributed by atoms with Crippen molar-refractivity contribution in [2.75, 3.05) is 33.2 Å². The van der Waals surface area contributed by atoms with Gasteiger partial charge in [-0.1, -0.05) is 37.3 Å². The third-order valence-corrected chi connectivity index (χ3v) is 5.09. The van der Waals surface area contributed by atoms with Crippen molar-refractivity contribution in [3.8, 4) is 0 Å². The summed E-state index contributed by atoms with van der Waals surface area (Å²) in [5, 5.41) is 3.51. The molecule has 1 aromatic carbocycles. The largest absolute Gasteiger partial charge is 0.312 e. The topological polar surface area (TPSA) is 18.5 Å². The predicted octanol–water partition coefficient (Wildman–Crippen LogP) is 2.75. The van der Waals surface area contributed by atoms with Crippen LogP contribution in [-0.2, 0) is 0 Å². The first-order chi connectivity index (χ1) is 10.2. The van der Waals surface area contributed by atoms with E-state index < -0.39 is 0 Å². The number of hydrogen-bond acceptors (Lipinski definition) is 3. The first-order valence-electron chi connectivity index (χ1n) is 8.37. The SMILES string of the molecule is CCC(C)N1CCN(C(C)C(NC)c2ccccc2)CC1. The fourth-order valence-corrected chi connectivity index (χ4v) is 3.40. The molecule has 1 aliphatic rings. The minimum atomic E-state index is 0.404. The zero-order valence-corrected chi connectivity index (χ0v) is 14.0. The number of rotatable bonds is 6. The maximum Gasteiger partial charge on any atom is 0.0473 e. The van der Waals surface area contributed by atoms with Crippen molar-refractivity contribution < 1.29 is 0 Å². The van der Waals surface area contributed by atoms with E-state index in [4.69, 9.17) is 0 Å². The second kappa shape index (κ2) is 7.92. The lowest BCUT2D eigenvalue weighted by atomic mass is 9.98. The Hall–Kier alpha value is -0.900. The summed E-state index contributed by atoms with van der Waals surface area (Å²) in [6.07, 6.45) is 1.25. The Balaban J connectivity index is 1.96. The van der Waals surface area contributed by atoms with Gasteiger partial charge in [-0.2, -0.15) is 0 Å². The van der Waals surface area contributed by atoms with Crippen LogP contribution in [0.15, 0.2) is 30.3 Å². The Labute approximate surface area is 130 Å². The van der Waals surface area contributed by atoms with Crippen LogP contribution in [0.4, 0.5) is 0 Å². The highest BCUT2D eigenvalue weighted by atomic mass is 15.3. The molecule has 0 amide bonds. The van der Waals surface area contributed by atoms with Crippen LogP contribution >= 0.6 is 0 Å². The summed E-state index contributed by atoms with van der Waals surface area (Å²) in [5.41, 5.74) is 1.39.